The highest BCUT2D eigenvalue weighted by molar-refractivity contribution is 5.17. The number of hydrogen-bond acceptors (Lipinski definition) is 3. The van der Waals surface area contributed by atoms with Crippen molar-refractivity contribution in [3.8, 4) is 0 Å². The van der Waals surface area contributed by atoms with E-state index < -0.39 is 0 Å². The second-order valence-corrected chi connectivity index (χ2v) is 6.61. The zero-order valence-electron chi connectivity index (χ0n) is 12.0. The van der Waals surface area contributed by atoms with E-state index in [1.165, 1.54) is 0 Å². The van der Waals surface area contributed by atoms with Crippen molar-refractivity contribution in [2.45, 2.75) is 53.4 Å². The summed E-state index contributed by atoms with van der Waals surface area (Å²) in [5.41, 5.74) is 8.02. The van der Waals surface area contributed by atoms with Crippen LogP contribution < -0.4 is 5.73 Å². The highest BCUT2D eigenvalue weighted by atomic mass is 14.9. The highest BCUT2D eigenvalue weighted by Gasteiger charge is 2.21. The third-order valence-electron chi connectivity index (χ3n) is 2.86. The molecular weight excluding hydrogens is 210 g/mol. The van der Waals surface area contributed by atoms with Gasteiger partial charge in [-0.15, -0.1) is 0 Å². The minimum Gasteiger partial charge on any atom is -0.330 e. The van der Waals surface area contributed by atoms with Gasteiger partial charge in [-0.3, -0.25) is 0 Å². The van der Waals surface area contributed by atoms with Gasteiger partial charge in [0.1, 0.15) is 5.82 Å². The zero-order chi connectivity index (χ0) is 13.3. The predicted molar refractivity (Wildman–Crippen MR) is 72.0 cm³/mol. The van der Waals surface area contributed by atoms with Crippen molar-refractivity contribution < 1.29 is 0 Å². The molecule has 0 saturated heterocycles. The lowest BCUT2D eigenvalue weighted by Crippen LogP contribution is -2.27. The van der Waals surface area contributed by atoms with Crippen molar-refractivity contribution >= 4 is 0 Å². The molecule has 1 heterocycles. The molecule has 0 radical (unpaired) electrons. The van der Waals surface area contributed by atoms with E-state index >= 15 is 0 Å². The van der Waals surface area contributed by atoms with Crippen LogP contribution in [-0.2, 0) is 11.8 Å². The van der Waals surface area contributed by atoms with E-state index in [1.54, 1.807) is 0 Å². The van der Waals surface area contributed by atoms with E-state index in [4.69, 9.17) is 5.73 Å². The van der Waals surface area contributed by atoms with Gasteiger partial charge in [0.15, 0.2) is 0 Å². The van der Waals surface area contributed by atoms with Crippen molar-refractivity contribution in [3.63, 3.8) is 0 Å². The second kappa shape index (κ2) is 4.73. The summed E-state index contributed by atoms with van der Waals surface area (Å²) in [5, 5.41) is 0. The lowest BCUT2D eigenvalue weighted by Gasteiger charge is -2.23. The Morgan fingerprint density at radius 2 is 1.71 bits per heavy atom. The molecule has 1 aromatic heterocycles. The van der Waals surface area contributed by atoms with Crippen LogP contribution in [0.15, 0.2) is 6.07 Å². The maximum Gasteiger partial charge on any atom is 0.129 e. The molecule has 0 aliphatic carbocycles. The van der Waals surface area contributed by atoms with Crippen molar-refractivity contribution in [3.05, 3.63) is 23.3 Å². The molecule has 0 spiro atoms. The van der Waals surface area contributed by atoms with Crippen LogP contribution in [0.5, 0.6) is 0 Å². The molecule has 0 atom stereocenters. The molecule has 0 aliphatic rings. The third-order valence-corrected chi connectivity index (χ3v) is 2.86. The first-order valence-electron chi connectivity index (χ1n) is 6.19. The smallest absolute Gasteiger partial charge is 0.129 e. The molecular formula is C14H25N3. The van der Waals surface area contributed by atoms with Crippen LogP contribution in [-0.4, -0.2) is 16.5 Å². The standard InChI is InChI=1S/C14H25N3/c1-10-7-11(13(2,3)4)17-12(16-10)8-14(5,6)9-15/h7H,8-9,15H2,1-6H3. The fourth-order valence-corrected chi connectivity index (χ4v) is 1.59. The topological polar surface area (TPSA) is 51.8 Å². The molecule has 0 bridgehead atoms. The van der Waals surface area contributed by atoms with Crippen molar-refractivity contribution in [2.24, 2.45) is 11.1 Å². The van der Waals surface area contributed by atoms with Crippen molar-refractivity contribution in [2.75, 3.05) is 6.54 Å². The molecule has 1 rings (SSSR count). The van der Waals surface area contributed by atoms with Gasteiger partial charge in [0.25, 0.3) is 0 Å². The number of aryl methyl sites for hydroxylation is 1. The fraction of sp³-hybridized carbons (Fsp3) is 0.714. The van der Waals surface area contributed by atoms with Gasteiger partial charge in [-0.25, -0.2) is 9.97 Å². The summed E-state index contributed by atoms with van der Waals surface area (Å²) in [7, 11) is 0. The molecule has 3 nitrogen and oxygen atoms in total. The SMILES string of the molecule is Cc1cc(C(C)(C)C)nc(CC(C)(C)CN)n1. The minimum atomic E-state index is 0.0585. The van der Waals surface area contributed by atoms with Crippen LogP contribution in [0.25, 0.3) is 0 Å². The van der Waals surface area contributed by atoms with Gasteiger partial charge in [0.2, 0.25) is 0 Å². The van der Waals surface area contributed by atoms with Gasteiger partial charge >= 0.3 is 0 Å². The average Bonchev–Trinajstić information content (AvgIpc) is 2.14. The first kappa shape index (κ1) is 14.1. The van der Waals surface area contributed by atoms with Gasteiger partial charge in [-0.05, 0) is 24.9 Å². The van der Waals surface area contributed by atoms with E-state index in [1.807, 2.05) is 6.92 Å². The van der Waals surface area contributed by atoms with E-state index in [9.17, 15) is 0 Å². The molecule has 1 aromatic rings. The Kier molecular flexibility index (Phi) is 3.92. The van der Waals surface area contributed by atoms with Crippen LogP contribution >= 0.6 is 0 Å². The number of rotatable bonds is 3. The van der Waals surface area contributed by atoms with Crippen LogP contribution in [0, 0.1) is 12.3 Å². The van der Waals surface area contributed by atoms with Gasteiger partial charge in [-0.1, -0.05) is 34.6 Å². The number of nitrogens with two attached hydrogens (primary N) is 1. The van der Waals surface area contributed by atoms with Gasteiger partial charge in [0.05, 0.1) is 0 Å². The summed E-state index contributed by atoms with van der Waals surface area (Å²) in [6.07, 6.45) is 0.828. The maximum absolute atomic E-state index is 5.76. The average molecular weight is 235 g/mol. The lowest BCUT2D eigenvalue weighted by molar-refractivity contribution is 0.366. The Balaban J connectivity index is 3.06. The molecule has 0 amide bonds. The normalized spacial score (nSPS) is 12.9. The Morgan fingerprint density at radius 3 is 2.18 bits per heavy atom. The zero-order valence-corrected chi connectivity index (χ0v) is 12.0. The highest BCUT2D eigenvalue weighted by Crippen LogP contribution is 2.23. The molecule has 0 saturated carbocycles. The van der Waals surface area contributed by atoms with Crippen LogP contribution in [0.4, 0.5) is 0 Å². The van der Waals surface area contributed by atoms with E-state index in [-0.39, 0.29) is 10.8 Å². The van der Waals surface area contributed by atoms with Crippen LogP contribution in [0.3, 0.4) is 0 Å². The molecule has 0 unspecified atom stereocenters. The molecule has 2 N–H and O–H groups in total. The summed E-state index contributed by atoms with van der Waals surface area (Å²) >= 11 is 0. The molecule has 17 heavy (non-hydrogen) atoms. The number of hydrogen-bond donors (Lipinski definition) is 1. The second-order valence-electron chi connectivity index (χ2n) is 6.61. The van der Waals surface area contributed by atoms with Crippen molar-refractivity contribution in [1.29, 1.82) is 0 Å². The Morgan fingerprint density at radius 1 is 1.12 bits per heavy atom. The summed E-state index contributed by atoms with van der Waals surface area (Å²) in [6, 6.07) is 2.07. The minimum absolute atomic E-state index is 0.0585. The Hall–Kier alpha value is -0.960. The molecule has 96 valence electrons. The first-order valence-corrected chi connectivity index (χ1v) is 6.19. The van der Waals surface area contributed by atoms with E-state index in [0.29, 0.717) is 6.54 Å². The van der Waals surface area contributed by atoms with Crippen LogP contribution in [0.1, 0.15) is 51.8 Å². The molecule has 0 aliphatic heterocycles. The predicted octanol–water partition coefficient (Wildman–Crippen LogP) is 2.61. The van der Waals surface area contributed by atoms with Gasteiger partial charge in [-0.2, -0.15) is 0 Å². The van der Waals surface area contributed by atoms with E-state index in [2.05, 4.69) is 50.7 Å². The fourth-order valence-electron chi connectivity index (χ4n) is 1.59. The first-order chi connectivity index (χ1) is 7.64. The lowest BCUT2D eigenvalue weighted by atomic mass is 9.88. The quantitative estimate of drug-likeness (QED) is 0.876. The van der Waals surface area contributed by atoms with Crippen molar-refractivity contribution in [1.82, 2.24) is 9.97 Å². The van der Waals surface area contributed by atoms with Gasteiger partial charge in [0, 0.05) is 23.2 Å². The summed E-state index contributed by atoms with van der Waals surface area (Å²) in [6.45, 7) is 13.5. The Labute approximate surface area is 105 Å². The van der Waals surface area contributed by atoms with E-state index in [0.717, 1.165) is 23.6 Å². The van der Waals surface area contributed by atoms with Crippen LogP contribution in [0.2, 0.25) is 0 Å². The largest absolute Gasteiger partial charge is 0.330 e. The Bertz CT molecular complexity index is 389. The summed E-state index contributed by atoms with van der Waals surface area (Å²) in [5.74, 6) is 0.908. The number of aromatic nitrogens is 2. The maximum atomic E-state index is 5.76. The molecule has 0 aromatic carbocycles. The monoisotopic (exact) mass is 235 g/mol. The summed E-state index contributed by atoms with van der Waals surface area (Å²) in [4.78, 5) is 9.19. The molecule has 3 heteroatoms. The van der Waals surface area contributed by atoms with Gasteiger partial charge < -0.3 is 5.73 Å². The third kappa shape index (κ3) is 4.08. The number of nitrogens with zero attached hydrogens (tertiary/aromatic N) is 2. The molecule has 0 fully saturated rings. The summed E-state index contributed by atoms with van der Waals surface area (Å²) < 4.78 is 0.